The molecule has 0 bridgehead atoms. The number of carbonyl (C=O) groups is 1. The summed E-state index contributed by atoms with van der Waals surface area (Å²) in [6.07, 6.45) is 2.89. The number of aromatic amines is 1. The van der Waals surface area contributed by atoms with Gasteiger partial charge in [-0.15, -0.1) is 11.3 Å². The van der Waals surface area contributed by atoms with Crippen LogP contribution in [0.15, 0.2) is 16.9 Å². The normalized spacial score (nSPS) is 17.8. The van der Waals surface area contributed by atoms with E-state index >= 15 is 0 Å². The van der Waals surface area contributed by atoms with E-state index in [0.29, 0.717) is 22.8 Å². The van der Waals surface area contributed by atoms with Crippen LogP contribution in [0.25, 0.3) is 5.65 Å². The van der Waals surface area contributed by atoms with Crippen molar-refractivity contribution in [3.8, 4) is 0 Å². The minimum atomic E-state index is -0.138. The van der Waals surface area contributed by atoms with Crippen LogP contribution in [-0.4, -0.2) is 36.9 Å². The van der Waals surface area contributed by atoms with Gasteiger partial charge in [-0.2, -0.15) is 0 Å². The quantitative estimate of drug-likeness (QED) is 0.751. The van der Waals surface area contributed by atoms with Crippen LogP contribution in [0.4, 0.5) is 0 Å². The molecule has 0 aliphatic carbocycles. The molecule has 0 aromatic carbocycles. The van der Waals surface area contributed by atoms with Crippen LogP contribution in [0, 0.1) is 20.8 Å². The van der Waals surface area contributed by atoms with E-state index in [1.54, 1.807) is 6.92 Å². The number of H-pyrrole nitrogens is 1. The molecule has 4 heterocycles. The zero-order valence-electron chi connectivity index (χ0n) is 15.1. The van der Waals surface area contributed by atoms with Crippen molar-refractivity contribution < 1.29 is 4.79 Å². The van der Waals surface area contributed by atoms with Crippen molar-refractivity contribution in [2.75, 3.05) is 6.54 Å². The van der Waals surface area contributed by atoms with Crippen LogP contribution in [0.5, 0.6) is 0 Å². The second kappa shape index (κ2) is 6.35. The number of hydrogen-bond acceptors (Lipinski definition) is 5. The highest BCUT2D eigenvalue weighted by Crippen LogP contribution is 2.33. The Bertz CT molecular complexity index is 1050. The fraction of sp³-hybridized carbons (Fsp3) is 0.444. The minimum Gasteiger partial charge on any atom is -0.329 e. The van der Waals surface area contributed by atoms with Crippen molar-refractivity contribution in [3.63, 3.8) is 0 Å². The molecule has 4 rings (SSSR count). The number of carbonyl (C=O) groups excluding carboxylic acids is 1. The summed E-state index contributed by atoms with van der Waals surface area (Å²) >= 11 is 1.44. The number of nitrogens with zero attached hydrogens (tertiary/aromatic N) is 4. The maximum Gasteiger partial charge on any atom is 0.272 e. The molecule has 3 aromatic rings. The number of amides is 1. The van der Waals surface area contributed by atoms with Crippen molar-refractivity contribution in [2.45, 2.75) is 46.1 Å². The number of piperidine rings is 1. The van der Waals surface area contributed by atoms with Crippen LogP contribution in [0.2, 0.25) is 0 Å². The van der Waals surface area contributed by atoms with Crippen LogP contribution in [0.1, 0.15) is 57.1 Å². The zero-order chi connectivity index (χ0) is 18.4. The van der Waals surface area contributed by atoms with E-state index in [2.05, 4.69) is 15.1 Å². The summed E-state index contributed by atoms with van der Waals surface area (Å²) in [5.74, 6) is 0.0212. The first-order chi connectivity index (χ1) is 12.4. The SMILES string of the molecule is Cc1cc(=O)n2[nH]c([C@H]3CCCCN3C(=O)c3sc(C)nc3C)cc2n1. The maximum atomic E-state index is 13.2. The summed E-state index contributed by atoms with van der Waals surface area (Å²) in [4.78, 5) is 36.8. The Morgan fingerprint density at radius 3 is 2.77 bits per heavy atom. The molecule has 0 spiro atoms. The van der Waals surface area contributed by atoms with Crippen LogP contribution >= 0.6 is 11.3 Å². The van der Waals surface area contributed by atoms with Crippen molar-refractivity contribution >= 4 is 22.9 Å². The van der Waals surface area contributed by atoms with Crippen molar-refractivity contribution in [1.82, 2.24) is 24.5 Å². The van der Waals surface area contributed by atoms with E-state index in [9.17, 15) is 9.59 Å². The Kier molecular flexibility index (Phi) is 4.14. The predicted octanol–water partition coefficient (Wildman–Crippen LogP) is 2.77. The molecule has 0 unspecified atom stereocenters. The van der Waals surface area contributed by atoms with E-state index in [0.717, 1.165) is 35.7 Å². The molecule has 1 aliphatic rings. The summed E-state index contributed by atoms with van der Waals surface area (Å²) in [6, 6.07) is 3.30. The third-order valence-corrected chi connectivity index (χ3v) is 5.88. The number of nitrogens with one attached hydrogen (secondary N) is 1. The average Bonchev–Trinajstić information content (AvgIpc) is 3.17. The van der Waals surface area contributed by atoms with Crippen LogP contribution in [-0.2, 0) is 0 Å². The molecule has 7 nitrogen and oxygen atoms in total. The average molecular weight is 371 g/mol. The van der Waals surface area contributed by atoms with E-state index < -0.39 is 0 Å². The Labute approximate surface area is 154 Å². The molecule has 1 N–H and O–H groups in total. The van der Waals surface area contributed by atoms with E-state index in [4.69, 9.17) is 0 Å². The van der Waals surface area contributed by atoms with Crippen molar-refractivity contribution in [3.05, 3.63) is 49.5 Å². The molecule has 136 valence electrons. The number of hydrogen-bond donors (Lipinski definition) is 1. The van der Waals surface area contributed by atoms with Gasteiger partial charge in [-0.1, -0.05) is 0 Å². The van der Waals surface area contributed by atoms with Gasteiger partial charge in [-0.25, -0.2) is 14.5 Å². The Hall–Kier alpha value is -2.48. The molecule has 8 heteroatoms. The number of likely N-dealkylation sites (tertiary alicyclic amines) is 1. The van der Waals surface area contributed by atoms with Gasteiger partial charge in [-0.3, -0.25) is 14.7 Å². The summed E-state index contributed by atoms with van der Waals surface area (Å²) in [5.41, 5.74) is 2.78. The summed E-state index contributed by atoms with van der Waals surface area (Å²) in [5, 5.41) is 4.05. The summed E-state index contributed by atoms with van der Waals surface area (Å²) in [7, 11) is 0. The number of rotatable bonds is 2. The van der Waals surface area contributed by atoms with Gasteiger partial charge in [0.05, 0.1) is 22.4 Å². The van der Waals surface area contributed by atoms with Gasteiger partial charge in [0.15, 0.2) is 5.65 Å². The first kappa shape index (κ1) is 17.0. The van der Waals surface area contributed by atoms with Crippen molar-refractivity contribution in [2.24, 2.45) is 0 Å². The third-order valence-electron chi connectivity index (χ3n) is 4.82. The molecule has 3 aromatic heterocycles. The molecular formula is C18H21N5O2S. The maximum absolute atomic E-state index is 13.2. The van der Waals surface area contributed by atoms with Gasteiger partial charge >= 0.3 is 0 Å². The first-order valence-corrected chi connectivity index (χ1v) is 9.60. The van der Waals surface area contributed by atoms with Crippen LogP contribution < -0.4 is 5.56 Å². The molecule has 0 radical (unpaired) electrons. The largest absolute Gasteiger partial charge is 0.329 e. The Balaban J connectivity index is 1.74. The van der Waals surface area contributed by atoms with E-state index in [1.165, 1.54) is 21.9 Å². The standard InChI is InChI=1S/C18H21N5O2S/c1-10-8-16(24)23-15(19-10)9-13(21-23)14-6-4-5-7-22(14)18(25)17-11(2)20-12(3)26-17/h8-9,14,21H,4-7H2,1-3H3/t14-/m1/s1. The van der Waals surface area contributed by atoms with Crippen LogP contribution in [0.3, 0.4) is 0 Å². The molecule has 1 saturated heterocycles. The van der Waals surface area contributed by atoms with E-state index in [-0.39, 0.29) is 17.5 Å². The van der Waals surface area contributed by atoms with E-state index in [1.807, 2.05) is 24.8 Å². The number of fused-ring (bicyclic) bond motifs is 1. The highest BCUT2D eigenvalue weighted by molar-refractivity contribution is 7.13. The van der Waals surface area contributed by atoms with Gasteiger partial charge < -0.3 is 4.90 Å². The zero-order valence-corrected chi connectivity index (χ0v) is 15.9. The number of thiazole rings is 1. The highest BCUT2D eigenvalue weighted by Gasteiger charge is 2.32. The predicted molar refractivity (Wildman–Crippen MR) is 99.8 cm³/mol. The molecule has 1 amide bonds. The Morgan fingerprint density at radius 1 is 1.23 bits per heavy atom. The fourth-order valence-electron chi connectivity index (χ4n) is 3.66. The topological polar surface area (TPSA) is 83.4 Å². The minimum absolute atomic E-state index is 0.0212. The third kappa shape index (κ3) is 2.84. The monoisotopic (exact) mass is 371 g/mol. The molecule has 1 fully saturated rings. The number of aryl methyl sites for hydroxylation is 3. The molecule has 0 saturated carbocycles. The molecule has 1 aliphatic heterocycles. The second-order valence-electron chi connectivity index (χ2n) is 6.80. The van der Waals surface area contributed by atoms with Gasteiger partial charge in [0.1, 0.15) is 4.88 Å². The number of aromatic nitrogens is 4. The van der Waals surface area contributed by atoms with Crippen molar-refractivity contribution in [1.29, 1.82) is 0 Å². The molecule has 26 heavy (non-hydrogen) atoms. The lowest BCUT2D eigenvalue weighted by Crippen LogP contribution is -2.38. The van der Waals surface area contributed by atoms with Gasteiger partial charge in [-0.05, 0) is 40.0 Å². The molecule has 1 atom stereocenters. The lowest BCUT2D eigenvalue weighted by Gasteiger charge is -2.34. The fourth-order valence-corrected chi connectivity index (χ4v) is 4.53. The lowest BCUT2D eigenvalue weighted by molar-refractivity contribution is 0.0610. The highest BCUT2D eigenvalue weighted by atomic mass is 32.1. The molecular weight excluding hydrogens is 350 g/mol. The second-order valence-corrected chi connectivity index (χ2v) is 8.00. The van der Waals surface area contributed by atoms with Gasteiger partial charge in [0, 0.05) is 24.4 Å². The summed E-state index contributed by atoms with van der Waals surface area (Å²) < 4.78 is 1.45. The first-order valence-electron chi connectivity index (χ1n) is 8.78. The van der Waals surface area contributed by atoms with Gasteiger partial charge in [0.2, 0.25) is 0 Å². The van der Waals surface area contributed by atoms with Gasteiger partial charge in [0.25, 0.3) is 11.5 Å². The Morgan fingerprint density at radius 2 is 2.04 bits per heavy atom. The smallest absolute Gasteiger partial charge is 0.272 e. The summed E-state index contributed by atoms with van der Waals surface area (Å²) in [6.45, 7) is 6.31. The lowest BCUT2D eigenvalue weighted by atomic mass is 9.99.